The zero-order chi connectivity index (χ0) is 22.5. The molecule has 8 heteroatoms. The van der Waals surface area contributed by atoms with E-state index in [1.165, 1.54) is 18.4 Å². The number of carboxylic acid groups (broad SMARTS) is 1. The number of carboxylic acids is 1. The number of piperazine rings is 1. The SMILES string of the molecule is O=C(O)CC1CCN(C(=O)c2ccco2)CC1CCN1CCN(c2ccc(F)cc2)CC1. The molecule has 0 saturated carbocycles. The second-order valence-corrected chi connectivity index (χ2v) is 8.73. The number of halogens is 1. The molecule has 2 atom stereocenters. The Labute approximate surface area is 187 Å². The minimum absolute atomic E-state index is 0.0775. The number of furan rings is 1. The summed E-state index contributed by atoms with van der Waals surface area (Å²) in [5, 5.41) is 9.35. The number of aliphatic carboxylic acids is 1. The molecule has 0 bridgehead atoms. The van der Waals surface area contributed by atoms with Gasteiger partial charge in [-0.05, 0) is 67.6 Å². The summed E-state index contributed by atoms with van der Waals surface area (Å²) >= 11 is 0. The van der Waals surface area contributed by atoms with E-state index in [9.17, 15) is 19.1 Å². The van der Waals surface area contributed by atoms with Gasteiger partial charge in [-0.1, -0.05) is 0 Å². The monoisotopic (exact) mass is 443 g/mol. The zero-order valence-electron chi connectivity index (χ0n) is 18.2. The standard InChI is InChI=1S/C24H30FN3O4/c25-20-3-5-21(6-4-20)27-13-11-26(12-14-27)9-7-19-17-28(10-8-18(19)16-23(29)30)24(31)22-2-1-15-32-22/h1-6,15,18-19H,7-14,16-17H2,(H,29,30). The highest BCUT2D eigenvalue weighted by Gasteiger charge is 2.34. The molecule has 2 fully saturated rings. The predicted octanol–water partition coefficient (Wildman–Crippen LogP) is 3.18. The molecule has 1 N–H and O–H groups in total. The van der Waals surface area contributed by atoms with Gasteiger partial charge in [0.2, 0.25) is 0 Å². The average Bonchev–Trinajstić information content (AvgIpc) is 3.33. The van der Waals surface area contributed by atoms with Crippen LogP contribution in [0.5, 0.6) is 0 Å². The smallest absolute Gasteiger partial charge is 0.303 e. The lowest BCUT2D eigenvalue weighted by Gasteiger charge is -2.40. The molecule has 1 amide bonds. The van der Waals surface area contributed by atoms with Gasteiger partial charge < -0.3 is 19.3 Å². The maximum Gasteiger partial charge on any atom is 0.303 e. The summed E-state index contributed by atoms with van der Waals surface area (Å²) in [5.41, 5.74) is 1.03. The lowest BCUT2D eigenvalue weighted by atomic mass is 9.81. The number of hydrogen-bond donors (Lipinski definition) is 1. The van der Waals surface area contributed by atoms with Gasteiger partial charge in [0, 0.05) is 51.4 Å². The van der Waals surface area contributed by atoms with Crippen LogP contribution in [0.4, 0.5) is 10.1 Å². The van der Waals surface area contributed by atoms with Crippen molar-refractivity contribution in [3.8, 4) is 0 Å². The highest BCUT2D eigenvalue weighted by Crippen LogP contribution is 2.30. The van der Waals surface area contributed by atoms with E-state index in [1.807, 2.05) is 12.1 Å². The van der Waals surface area contributed by atoms with E-state index in [1.54, 1.807) is 17.0 Å². The van der Waals surface area contributed by atoms with Crippen molar-refractivity contribution in [1.29, 1.82) is 0 Å². The van der Waals surface area contributed by atoms with Gasteiger partial charge in [0.1, 0.15) is 5.82 Å². The largest absolute Gasteiger partial charge is 0.481 e. The summed E-state index contributed by atoms with van der Waals surface area (Å²) in [6.45, 7) is 5.56. The van der Waals surface area contributed by atoms with Crippen LogP contribution >= 0.6 is 0 Å². The molecule has 2 aromatic rings. The Hall–Kier alpha value is -2.87. The number of likely N-dealkylation sites (tertiary alicyclic amines) is 1. The summed E-state index contributed by atoms with van der Waals surface area (Å²) in [7, 11) is 0. The quantitative estimate of drug-likeness (QED) is 0.708. The van der Waals surface area contributed by atoms with Crippen molar-refractivity contribution >= 4 is 17.6 Å². The third kappa shape index (κ3) is 5.48. The van der Waals surface area contributed by atoms with Gasteiger partial charge in [-0.25, -0.2) is 4.39 Å². The normalized spacial score (nSPS) is 22.2. The molecule has 3 heterocycles. The zero-order valence-corrected chi connectivity index (χ0v) is 18.2. The van der Waals surface area contributed by atoms with Gasteiger partial charge in [-0.15, -0.1) is 0 Å². The van der Waals surface area contributed by atoms with E-state index < -0.39 is 5.97 Å². The predicted molar refractivity (Wildman–Crippen MR) is 118 cm³/mol. The number of carbonyl (C=O) groups excluding carboxylic acids is 1. The fourth-order valence-corrected chi connectivity index (χ4v) is 4.87. The van der Waals surface area contributed by atoms with Crippen LogP contribution in [0, 0.1) is 17.7 Å². The first-order valence-electron chi connectivity index (χ1n) is 11.3. The molecule has 2 aliphatic heterocycles. The van der Waals surface area contributed by atoms with Crippen LogP contribution in [0.15, 0.2) is 47.1 Å². The molecule has 172 valence electrons. The summed E-state index contributed by atoms with van der Waals surface area (Å²) in [6, 6.07) is 9.98. The molecular formula is C24H30FN3O4. The molecule has 32 heavy (non-hydrogen) atoms. The van der Waals surface area contributed by atoms with Gasteiger partial charge in [-0.2, -0.15) is 0 Å². The molecule has 1 aromatic carbocycles. The molecule has 0 spiro atoms. The second-order valence-electron chi connectivity index (χ2n) is 8.73. The van der Waals surface area contributed by atoms with Gasteiger partial charge in [0.15, 0.2) is 5.76 Å². The average molecular weight is 444 g/mol. The van der Waals surface area contributed by atoms with E-state index in [0.717, 1.165) is 44.8 Å². The number of carbonyl (C=O) groups is 2. The molecule has 7 nitrogen and oxygen atoms in total. The summed E-state index contributed by atoms with van der Waals surface area (Å²) < 4.78 is 18.4. The molecule has 2 unspecified atom stereocenters. The highest BCUT2D eigenvalue weighted by molar-refractivity contribution is 5.91. The first-order chi connectivity index (χ1) is 15.5. The Bertz CT molecular complexity index is 894. The number of hydrogen-bond acceptors (Lipinski definition) is 5. The van der Waals surface area contributed by atoms with Crippen molar-refractivity contribution in [3.63, 3.8) is 0 Å². The van der Waals surface area contributed by atoms with Crippen LogP contribution in [-0.4, -0.2) is 72.6 Å². The van der Waals surface area contributed by atoms with Gasteiger partial charge in [0.25, 0.3) is 5.91 Å². The molecule has 2 aliphatic rings. The van der Waals surface area contributed by atoms with E-state index in [-0.39, 0.29) is 30.0 Å². The Morgan fingerprint density at radius 3 is 2.44 bits per heavy atom. The molecule has 4 rings (SSSR count). The van der Waals surface area contributed by atoms with Crippen LogP contribution < -0.4 is 4.90 Å². The highest BCUT2D eigenvalue weighted by atomic mass is 19.1. The maximum absolute atomic E-state index is 13.2. The third-order valence-electron chi connectivity index (χ3n) is 6.73. The lowest BCUT2D eigenvalue weighted by molar-refractivity contribution is -0.139. The summed E-state index contributed by atoms with van der Waals surface area (Å²) in [6.07, 6.45) is 3.19. The summed E-state index contributed by atoms with van der Waals surface area (Å²) in [5.74, 6) is -0.573. The van der Waals surface area contributed by atoms with Crippen molar-refractivity contribution in [2.75, 3.05) is 50.7 Å². The van der Waals surface area contributed by atoms with E-state index >= 15 is 0 Å². The van der Waals surface area contributed by atoms with Crippen LogP contribution in [0.25, 0.3) is 0 Å². The summed E-state index contributed by atoms with van der Waals surface area (Å²) in [4.78, 5) is 30.5. The fraction of sp³-hybridized carbons (Fsp3) is 0.500. The van der Waals surface area contributed by atoms with Crippen molar-refractivity contribution in [2.24, 2.45) is 11.8 Å². The maximum atomic E-state index is 13.2. The number of amides is 1. The molecular weight excluding hydrogens is 413 g/mol. The number of nitrogens with zero attached hydrogens (tertiary/aromatic N) is 3. The third-order valence-corrected chi connectivity index (χ3v) is 6.73. The van der Waals surface area contributed by atoms with E-state index in [4.69, 9.17) is 4.42 Å². The number of benzene rings is 1. The minimum Gasteiger partial charge on any atom is -0.481 e. The van der Waals surface area contributed by atoms with Crippen LogP contribution in [-0.2, 0) is 4.79 Å². The Morgan fingerprint density at radius 1 is 1.03 bits per heavy atom. The van der Waals surface area contributed by atoms with Gasteiger partial charge in [0.05, 0.1) is 6.26 Å². The van der Waals surface area contributed by atoms with Crippen LogP contribution in [0.2, 0.25) is 0 Å². The second kappa shape index (κ2) is 10.2. The molecule has 2 saturated heterocycles. The van der Waals surface area contributed by atoms with Crippen LogP contribution in [0.3, 0.4) is 0 Å². The Morgan fingerprint density at radius 2 is 1.78 bits per heavy atom. The number of anilines is 1. The fourth-order valence-electron chi connectivity index (χ4n) is 4.87. The minimum atomic E-state index is -0.779. The lowest BCUT2D eigenvalue weighted by Crippen LogP contribution is -2.48. The van der Waals surface area contributed by atoms with Gasteiger partial charge in [-0.3, -0.25) is 14.5 Å². The Kier molecular flexibility index (Phi) is 7.09. The molecule has 1 aromatic heterocycles. The van der Waals surface area contributed by atoms with E-state index in [0.29, 0.717) is 25.3 Å². The topological polar surface area (TPSA) is 77.2 Å². The van der Waals surface area contributed by atoms with Crippen LogP contribution in [0.1, 0.15) is 29.8 Å². The van der Waals surface area contributed by atoms with Crippen molar-refractivity contribution in [3.05, 3.63) is 54.2 Å². The van der Waals surface area contributed by atoms with Gasteiger partial charge >= 0.3 is 5.97 Å². The van der Waals surface area contributed by atoms with E-state index in [2.05, 4.69) is 9.80 Å². The Balaban J connectivity index is 1.31. The number of rotatable bonds is 7. The van der Waals surface area contributed by atoms with Crippen molar-refractivity contribution in [2.45, 2.75) is 19.3 Å². The van der Waals surface area contributed by atoms with Crippen molar-refractivity contribution < 1.29 is 23.5 Å². The first-order valence-corrected chi connectivity index (χ1v) is 11.3. The molecule has 0 aliphatic carbocycles. The number of piperidine rings is 1. The first kappa shape index (κ1) is 22.3. The molecule has 0 radical (unpaired) electrons. The van der Waals surface area contributed by atoms with Crippen molar-refractivity contribution in [1.82, 2.24) is 9.80 Å².